The van der Waals surface area contributed by atoms with Crippen molar-refractivity contribution in [3.63, 3.8) is 0 Å². The molecule has 4 amide bonds. The molecule has 326 valence electrons. The van der Waals surface area contributed by atoms with Crippen molar-refractivity contribution in [2.24, 2.45) is 29.6 Å². The van der Waals surface area contributed by atoms with Crippen molar-refractivity contribution in [1.29, 1.82) is 0 Å². The van der Waals surface area contributed by atoms with E-state index in [2.05, 4.69) is 63.9 Å². The molecule has 2 aliphatic heterocycles. The maximum absolute atomic E-state index is 14.1. The zero-order valence-electron chi connectivity index (χ0n) is 36.5. The second kappa shape index (κ2) is 15.4. The minimum atomic E-state index is -0.698. The van der Waals surface area contributed by atoms with Gasteiger partial charge in [0.25, 0.3) is 0 Å². The van der Waals surface area contributed by atoms with Crippen LogP contribution in [0.3, 0.4) is 0 Å². The number of aromatic amines is 2. The smallest absolute Gasteiger partial charge is 0.407 e. The van der Waals surface area contributed by atoms with E-state index in [0.717, 1.165) is 86.3 Å². The number of nitrogens with zero attached hydrogens (tertiary/aromatic N) is 5. The Morgan fingerprint density at radius 1 is 0.651 bits per heavy atom. The predicted octanol–water partition coefficient (Wildman–Crippen LogP) is 7.65. The first kappa shape index (κ1) is 40.6. The molecule has 5 heterocycles. The van der Waals surface area contributed by atoms with Gasteiger partial charge in [-0.3, -0.25) is 9.59 Å². The predicted molar refractivity (Wildman–Crippen MR) is 237 cm³/mol. The van der Waals surface area contributed by atoms with E-state index in [1.165, 1.54) is 14.2 Å². The van der Waals surface area contributed by atoms with Gasteiger partial charge < -0.3 is 39.9 Å². The first-order chi connectivity index (χ1) is 30.3. The number of nitrogens with one attached hydrogen (secondary N) is 4. The third kappa shape index (κ3) is 7.10. The van der Waals surface area contributed by atoms with Crippen LogP contribution >= 0.6 is 0 Å². The number of fused-ring (bicyclic) bond motifs is 5. The summed E-state index contributed by atoms with van der Waals surface area (Å²) in [6, 6.07) is 21.1. The van der Waals surface area contributed by atoms with Gasteiger partial charge in [0.05, 0.1) is 59.6 Å². The van der Waals surface area contributed by atoms with E-state index >= 15 is 0 Å². The average molecular weight is 852 g/mol. The summed E-state index contributed by atoms with van der Waals surface area (Å²) < 4.78 is 9.66. The fraction of sp³-hybridized carbons (Fsp3) is 0.438. The van der Waals surface area contributed by atoms with Crippen molar-refractivity contribution in [3.8, 4) is 22.4 Å². The number of H-pyrrole nitrogens is 2. The summed E-state index contributed by atoms with van der Waals surface area (Å²) in [6.45, 7) is 9.88. The van der Waals surface area contributed by atoms with Crippen LogP contribution in [0.5, 0.6) is 0 Å². The number of carbonyl (C=O) groups excluding carboxylic acids is 4. The summed E-state index contributed by atoms with van der Waals surface area (Å²) in [4.78, 5) is 78.2. The average Bonchev–Trinajstić information content (AvgIpc) is 3.78. The standard InChI is InChI=1S/C48H53N9O6/c1-22(2)40(54-47(60)62-6)45(58)56-37-19-29(37)20-38(56)43-50-34-15-11-28(18-36(34)53-43)32-13-10-27-16-25(8-12-31(27)49-32)26-9-14-33-35(17-26)52-44(51-33)39-21-30-24(5)42(30)57(39)46(59)41(23(3)4)55-48(61)63-7/h8-18,22-24,29-30,37-42H,19-21H2,1-7H3,(H,50,53)(H,51,52)(H,54,60)(H,55,61)/t24-,29-,30+,37-,38+,39+,40+,41+,42-/m1/s1. The zero-order chi connectivity index (χ0) is 44.0. The first-order valence-corrected chi connectivity index (χ1v) is 22.1. The largest absolute Gasteiger partial charge is 0.453 e. The molecule has 2 saturated carbocycles. The second-order valence-corrected chi connectivity index (χ2v) is 18.6. The molecule has 63 heavy (non-hydrogen) atoms. The highest BCUT2D eigenvalue weighted by molar-refractivity contribution is 5.91. The minimum absolute atomic E-state index is 0.104. The summed E-state index contributed by atoms with van der Waals surface area (Å²) in [7, 11) is 2.61. The topological polar surface area (TPSA) is 188 Å². The van der Waals surface area contributed by atoms with Gasteiger partial charge in [0, 0.05) is 23.0 Å². The number of likely N-dealkylation sites (tertiary alicyclic amines) is 2. The van der Waals surface area contributed by atoms with E-state index in [0.29, 0.717) is 17.8 Å². The van der Waals surface area contributed by atoms with E-state index in [9.17, 15) is 19.2 Å². The number of piperidine rings is 2. The Labute approximate surface area is 364 Å². The molecule has 15 nitrogen and oxygen atoms in total. The summed E-state index contributed by atoms with van der Waals surface area (Å²) in [5.74, 6) is 2.31. The molecule has 0 bridgehead atoms. The van der Waals surface area contributed by atoms with Crippen molar-refractivity contribution in [1.82, 2.24) is 45.4 Å². The molecule has 2 saturated heterocycles. The molecular formula is C48H53N9O6. The van der Waals surface area contributed by atoms with Gasteiger partial charge in [-0.25, -0.2) is 24.5 Å². The number of pyridine rings is 1. The third-order valence-electron chi connectivity index (χ3n) is 14.0. The number of hydrogen-bond donors (Lipinski definition) is 4. The number of aromatic nitrogens is 5. The van der Waals surface area contributed by atoms with Crippen LogP contribution in [0, 0.1) is 29.6 Å². The lowest BCUT2D eigenvalue weighted by molar-refractivity contribution is -0.137. The number of amides is 4. The van der Waals surface area contributed by atoms with Crippen LogP contribution in [-0.4, -0.2) is 97.1 Å². The van der Waals surface area contributed by atoms with E-state index in [1.54, 1.807) is 0 Å². The highest BCUT2D eigenvalue weighted by Gasteiger charge is 2.62. The lowest BCUT2D eigenvalue weighted by Crippen LogP contribution is -2.52. The van der Waals surface area contributed by atoms with Gasteiger partial charge in [-0.15, -0.1) is 0 Å². The van der Waals surface area contributed by atoms with Crippen molar-refractivity contribution < 1.29 is 28.7 Å². The number of ether oxygens (including phenoxy) is 2. The number of imidazole rings is 2. The maximum Gasteiger partial charge on any atom is 0.407 e. The summed E-state index contributed by atoms with van der Waals surface area (Å²) >= 11 is 0. The Balaban J connectivity index is 0.872. The molecule has 2 aliphatic carbocycles. The zero-order valence-corrected chi connectivity index (χ0v) is 36.5. The molecular weight excluding hydrogens is 799 g/mol. The van der Waals surface area contributed by atoms with Gasteiger partial charge in [-0.05, 0) is 102 Å². The molecule has 10 rings (SSSR count). The monoisotopic (exact) mass is 851 g/mol. The first-order valence-electron chi connectivity index (χ1n) is 22.1. The van der Waals surface area contributed by atoms with Crippen LogP contribution < -0.4 is 10.6 Å². The molecule has 9 atom stereocenters. The Morgan fingerprint density at radius 3 is 1.79 bits per heavy atom. The Morgan fingerprint density at radius 2 is 1.19 bits per heavy atom. The minimum Gasteiger partial charge on any atom is -0.453 e. The van der Waals surface area contributed by atoms with Gasteiger partial charge in [0.1, 0.15) is 23.7 Å². The Hall–Kier alpha value is -6.51. The molecule has 0 unspecified atom stereocenters. The van der Waals surface area contributed by atoms with Gasteiger partial charge in [0.15, 0.2) is 0 Å². The number of methoxy groups -OCH3 is 2. The lowest BCUT2D eigenvalue weighted by Gasteiger charge is -2.32. The van der Waals surface area contributed by atoms with Crippen LogP contribution in [0.15, 0.2) is 66.7 Å². The fourth-order valence-electron chi connectivity index (χ4n) is 10.4. The molecule has 0 spiro atoms. The molecule has 4 aliphatic rings. The lowest BCUT2D eigenvalue weighted by atomic mass is 10.0. The molecule has 0 radical (unpaired) electrons. The molecule has 4 N–H and O–H groups in total. The third-order valence-corrected chi connectivity index (χ3v) is 14.0. The van der Waals surface area contributed by atoms with Crippen LogP contribution in [0.25, 0.3) is 55.4 Å². The van der Waals surface area contributed by atoms with Gasteiger partial charge in [0.2, 0.25) is 11.8 Å². The highest BCUT2D eigenvalue weighted by atomic mass is 16.5. The Kier molecular flexibility index (Phi) is 9.90. The van der Waals surface area contributed by atoms with Gasteiger partial charge >= 0.3 is 12.2 Å². The SMILES string of the molecule is COC(=O)N[C@H](C(=O)N1[C@@H]2[C@H](C)[C@@H]2C[C@H]1c1nc2ccc(-c3ccc4nc(-c5ccc6nc([C@@H]7C[C@H]8C[C@H]8N7C(=O)[C@@H](NC(=O)OC)C(C)C)[nH]c6c5)ccc4c3)cc2[nH]1)C(C)C. The van der Waals surface area contributed by atoms with E-state index in [4.69, 9.17) is 24.4 Å². The van der Waals surface area contributed by atoms with Crippen molar-refractivity contribution >= 4 is 57.0 Å². The highest BCUT2D eigenvalue weighted by Crippen LogP contribution is 2.58. The van der Waals surface area contributed by atoms with Gasteiger partial charge in [-0.1, -0.05) is 58.9 Å². The number of hydrogen-bond acceptors (Lipinski definition) is 9. The van der Waals surface area contributed by atoms with Crippen molar-refractivity contribution in [2.45, 2.75) is 90.1 Å². The fourth-order valence-corrected chi connectivity index (χ4v) is 10.4. The van der Waals surface area contributed by atoms with Crippen molar-refractivity contribution in [2.75, 3.05) is 14.2 Å². The molecule has 4 fully saturated rings. The van der Waals surface area contributed by atoms with E-state index in [1.807, 2.05) is 67.8 Å². The molecule has 15 heteroatoms. The summed E-state index contributed by atoms with van der Waals surface area (Å²) in [5.41, 5.74) is 8.12. The maximum atomic E-state index is 14.1. The number of benzene rings is 3. The summed E-state index contributed by atoms with van der Waals surface area (Å²) in [6.07, 6.45) is 1.39. The Bertz CT molecular complexity index is 2810. The van der Waals surface area contributed by atoms with Crippen LogP contribution in [0.4, 0.5) is 9.59 Å². The summed E-state index contributed by atoms with van der Waals surface area (Å²) in [5, 5.41) is 6.52. The second-order valence-electron chi connectivity index (χ2n) is 18.6. The van der Waals surface area contributed by atoms with Crippen molar-refractivity contribution in [3.05, 3.63) is 78.4 Å². The van der Waals surface area contributed by atoms with Crippen LogP contribution in [0.2, 0.25) is 0 Å². The van der Waals surface area contributed by atoms with E-state index < -0.39 is 24.3 Å². The molecule has 3 aromatic heterocycles. The quantitative estimate of drug-likeness (QED) is 0.107. The normalized spacial score (nSPS) is 24.4. The van der Waals surface area contributed by atoms with Crippen LogP contribution in [0.1, 0.15) is 77.6 Å². The van der Waals surface area contributed by atoms with Crippen LogP contribution in [-0.2, 0) is 19.1 Å². The number of carbonyl (C=O) groups is 4. The van der Waals surface area contributed by atoms with Gasteiger partial charge in [-0.2, -0.15) is 0 Å². The number of rotatable bonds is 10. The molecule has 6 aromatic rings. The molecule has 3 aromatic carbocycles. The number of alkyl carbamates (subject to hydrolysis) is 2. The van der Waals surface area contributed by atoms with E-state index in [-0.39, 0.29) is 47.8 Å².